The fourth-order valence-corrected chi connectivity index (χ4v) is 2.17. The lowest BCUT2D eigenvalue weighted by atomic mass is 10.2. The van der Waals surface area contributed by atoms with Gasteiger partial charge in [-0.25, -0.2) is 0 Å². The van der Waals surface area contributed by atoms with Gasteiger partial charge in [0.1, 0.15) is 0 Å². The van der Waals surface area contributed by atoms with Crippen molar-refractivity contribution in [1.82, 2.24) is 30.9 Å². The van der Waals surface area contributed by atoms with E-state index in [1.807, 2.05) is 0 Å². The number of hydrogen-bond acceptors (Lipinski definition) is 8. The molecule has 3 heterocycles. The SMILES string of the molecule is Cc1nc(CCNC(=O)c2noc(C3CCCN3)n2)no1. The highest BCUT2D eigenvalue weighted by atomic mass is 16.5. The van der Waals surface area contributed by atoms with Crippen LogP contribution >= 0.6 is 0 Å². The molecule has 112 valence electrons. The third-order valence-corrected chi connectivity index (χ3v) is 3.21. The summed E-state index contributed by atoms with van der Waals surface area (Å²) in [6, 6.07) is 0.0568. The first-order valence-electron chi connectivity index (χ1n) is 6.87. The minimum atomic E-state index is -0.372. The van der Waals surface area contributed by atoms with Gasteiger partial charge in [-0.15, -0.1) is 0 Å². The van der Waals surface area contributed by atoms with Gasteiger partial charge in [0, 0.05) is 19.9 Å². The molecular formula is C12H16N6O3. The average molecular weight is 292 g/mol. The summed E-state index contributed by atoms with van der Waals surface area (Å²) in [5.41, 5.74) is 0. The van der Waals surface area contributed by atoms with Gasteiger partial charge in [-0.1, -0.05) is 10.3 Å². The molecule has 0 radical (unpaired) electrons. The van der Waals surface area contributed by atoms with E-state index in [-0.39, 0.29) is 17.8 Å². The number of nitrogens with zero attached hydrogens (tertiary/aromatic N) is 4. The van der Waals surface area contributed by atoms with E-state index in [9.17, 15) is 4.79 Å². The van der Waals surface area contributed by atoms with E-state index < -0.39 is 0 Å². The van der Waals surface area contributed by atoms with Crippen LogP contribution in [-0.2, 0) is 6.42 Å². The largest absolute Gasteiger partial charge is 0.349 e. The van der Waals surface area contributed by atoms with E-state index in [0.29, 0.717) is 30.6 Å². The van der Waals surface area contributed by atoms with Crippen LogP contribution in [0.15, 0.2) is 9.05 Å². The lowest BCUT2D eigenvalue weighted by Crippen LogP contribution is -2.27. The summed E-state index contributed by atoms with van der Waals surface area (Å²) in [6.07, 6.45) is 2.50. The number of hydrogen-bond donors (Lipinski definition) is 2. The Morgan fingerprint density at radius 3 is 3.00 bits per heavy atom. The molecule has 0 aliphatic carbocycles. The molecule has 1 amide bonds. The van der Waals surface area contributed by atoms with Crippen LogP contribution in [0.3, 0.4) is 0 Å². The normalized spacial score (nSPS) is 18.0. The topological polar surface area (TPSA) is 119 Å². The fourth-order valence-electron chi connectivity index (χ4n) is 2.17. The monoisotopic (exact) mass is 292 g/mol. The van der Waals surface area contributed by atoms with Crippen LogP contribution < -0.4 is 10.6 Å². The molecule has 3 rings (SSSR count). The van der Waals surface area contributed by atoms with Crippen molar-refractivity contribution in [2.75, 3.05) is 13.1 Å². The Morgan fingerprint density at radius 1 is 1.38 bits per heavy atom. The Kier molecular flexibility index (Phi) is 3.91. The van der Waals surface area contributed by atoms with Gasteiger partial charge >= 0.3 is 0 Å². The summed E-state index contributed by atoms with van der Waals surface area (Å²) >= 11 is 0. The fraction of sp³-hybridized carbons (Fsp3) is 0.583. The predicted octanol–water partition coefficient (Wildman–Crippen LogP) is 0.158. The standard InChI is InChI=1S/C12H16N6O3/c1-7-15-9(17-20-7)4-6-14-11(19)10-16-12(21-18-10)8-3-2-5-13-8/h8,13H,2-6H2,1H3,(H,14,19). The lowest BCUT2D eigenvalue weighted by molar-refractivity contribution is 0.0940. The van der Waals surface area contributed by atoms with Gasteiger partial charge in [0.25, 0.3) is 11.7 Å². The van der Waals surface area contributed by atoms with Crippen LogP contribution in [0.4, 0.5) is 0 Å². The van der Waals surface area contributed by atoms with Crippen LogP contribution in [0, 0.1) is 6.92 Å². The minimum absolute atomic E-state index is 0.0444. The van der Waals surface area contributed by atoms with Gasteiger partial charge in [-0.2, -0.15) is 9.97 Å². The second-order valence-electron chi connectivity index (χ2n) is 4.84. The van der Waals surface area contributed by atoms with Crippen molar-refractivity contribution in [2.45, 2.75) is 32.2 Å². The van der Waals surface area contributed by atoms with Crippen molar-refractivity contribution in [2.24, 2.45) is 0 Å². The van der Waals surface area contributed by atoms with E-state index in [1.54, 1.807) is 6.92 Å². The number of aryl methyl sites for hydroxylation is 1. The number of carbonyl (C=O) groups excluding carboxylic acids is 1. The lowest BCUT2D eigenvalue weighted by Gasteiger charge is -2.01. The maximum absolute atomic E-state index is 11.9. The van der Waals surface area contributed by atoms with Gasteiger partial charge in [0.15, 0.2) is 5.82 Å². The third-order valence-electron chi connectivity index (χ3n) is 3.21. The highest BCUT2D eigenvalue weighted by Crippen LogP contribution is 2.20. The first-order chi connectivity index (χ1) is 10.2. The number of carbonyl (C=O) groups is 1. The first kappa shape index (κ1) is 13.7. The first-order valence-corrected chi connectivity index (χ1v) is 6.87. The molecule has 0 spiro atoms. The molecule has 21 heavy (non-hydrogen) atoms. The molecule has 1 atom stereocenters. The molecule has 0 bridgehead atoms. The molecule has 2 aromatic heterocycles. The molecule has 9 nitrogen and oxygen atoms in total. The Bertz CT molecular complexity index is 616. The number of nitrogens with one attached hydrogen (secondary N) is 2. The van der Waals surface area contributed by atoms with E-state index in [1.165, 1.54) is 0 Å². The zero-order chi connectivity index (χ0) is 14.7. The van der Waals surface area contributed by atoms with Crippen LogP contribution in [0.5, 0.6) is 0 Å². The van der Waals surface area contributed by atoms with Crippen molar-refractivity contribution in [3.63, 3.8) is 0 Å². The molecule has 1 unspecified atom stereocenters. The summed E-state index contributed by atoms with van der Waals surface area (Å²) < 4.78 is 9.96. The highest BCUT2D eigenvalue weighted by Gasteiger charge is 2.24. The second-order valence-corrected chi connectivity index (χ2v) is 4.84. The predicted molar refractivity (Wildman–Crippen MR) is 69.3 cm³/mol. The van der Waals surface area contributed by atoms with Crippen LogP contribution in [-0.4, -0.2) is 39.3 Å². The Labute approximate surface area is 120 Å². The van der Waals surface area contributed by atoms with Crippen LogP contribution in [0.1, 0.15) is 47.1 Å². The Hall–Kier alpha value is -2.29. The van der Waals surface area contributed by atoms with Crippen molar-refractivity contribution in [3.05, 3.63) is 23.4 Å². The third kappa shape index (κ3) is 3.24. The van der Waals surface area contributed by atoms with Crippen molar-refractivity contribution in [3.8, 4) is 0 Å². The number of rotatable bonds is 5. The minimum Gasteiger partial charge on any atom is -0.349 e. The average Bonchev–Trinajstić information content (AvgIpc) is 3.19. The maximum Gasteiger partial charge on any atom is 0.292 e. The molecule has 1 aliphatic rings. The van der Waals surface area contributed by atoms with Crippen molar-refractivity contribution >= 4 is 5.91 Å². The zero-order valence-corrected chi connectivity index (χ0v) is 11.6. The number of aromatic nitrogens is 4. The van der Waals surface area contributed by atoms with Gasteiger partial charge in [0.2, 0.25) is 11.8 Å². The zero-order valence-electron chi connectivity index (χ0n) is 11.6. The second kappa shape index (κ2) is 6.00. The molecule has 0 aromatic carbocycles. The summed E-state index contributed by atoms with van der Waals surface area (Å²) in [5.74, 6) is 1.19. The molecule has 1 fully saturated rings. The van der Waals surface area contributed by atoms with E-state index in [0.717, 1.165) is 19.4 Å². The summed E-state index contributed by atoms with van der Waals surface area (Å²) in [6.45, 7) is 3.02. The van der Waals surface area contributed by atoms with Gasteiger partial charge in [-0.05, 0) is 19.4 Å². The molecule has 2 aromatic rings. The molecule has 1 saturated heterocycles. The molecule has 2 N–H and O–H groups in total. The molecular weight excluding hydrogens is 276 g/mol. The Balaban J connectivity index is 1.50. The number of amides is 1. The maximum atomic E-state index is 11.9. The quantitative estimate of drug-likeness (QED) is 0.799. The van der Waals surface area contributed by atoms with Gasteiger partial charge in [0.05, 0.1) is 6.04 Å². The van der Waals surface area contributed by atoms with E-state index in [2.05, 4.69) is 30.9 Å². The highest BCUT2D eigenvalue weighted by molar-refractivity contribution is 5.90. The summed E-state index contributed by atoms with van der Waals surface area (Å²) in [4.78, 5) is 20.1. The van der Waals surface area contributed by atoms with Crippen molar-refractivity contribution < 1.29 is 13.8 Å². The smallest absolute Gasteiger partial charge is 0.292 e. The summed E-state index contributed by atoms with van der Waals surface area (Å²) in [7, 11) is 0. The van der Waals surface area contributed by atoms with Crippen LogP contribution in [0.25, 0.3) is 0 Å². The van der Waals surface area contributed by atoms with E-state index in [4.69, 9.17) is 9.05 Å². The Morgan fingerprint density at radius 2 is 2.29 bits per heavy atom. The van der Waals surface area contributed by atoms with Crippen LogP contribution in [0.2, 0.25) is 0 Å². The molecule has 0 saturated carbocycles. The van der Waals surface area contributed by atoms with Gasteiger partial charge < -0.3 is 19.7 Å². The van der Waals surface area contributed by atoms with Crippen molar-refractivity contribution in [1.29, 1.82) is 0 Å². The molecule has 9 heteroatoms. The van der Waals surface area contributed by atoms with Gasteiger partial charge in [-0.3, -0.25) is 4.79 Å². The summed E-state index contributed by atoms with van der Waals surface area (Å²) in [5, 5.41) is 13.4. The van der Waals surface area contributed by atoms with E-state index >= 15 is 0 Å². The molecule has 1 aliphatic heterocycles.